The van der Waals surface area contributed by atoms with Gasteiger partial charge in [-0.05, 0) is 31.0 Å². The molecule has 0 aliphatic carbocycles. The fraction of sp³-hybridized carbons (Fsp3) is 0.385. The second kappa shape index (κ2) is 4.57. The van der Waals surface area contributed by atoms with Crippen molar-refractivity contribution in [1.82, 2.24) is 0 Å². The number of hydrogen-bond acceptors (Lipinski definition) is 3. The highest BCUT2D eigenvalue weighted by molar-refractivity contribution is 5.97. The van der Waals surface area contributed by atoms with Crippen LogP contribution in [-0.2, 0) is 16.0 Å². The molecule has 1 aromatic rings. The van der Waals surface area contributed by atoms with Gasteiger partial charge in [0.1, 0.15) is 11.5 Å². The van der Waals surface area contributed by atoms with Gasteiger partial charge in [-0.25, -0.2) is 0 Å². The molecular formula is C13H15NO3. The Kier molecular flexibility index (Phi) is 3.13. The Morgan fingerprint density at radius 3 is 2.94 bits per heavy atom. The highest BCUT2D eigenvalue weighted by Gasteiger charge is 2.21. The van der Waals surface area contributed by atoms with E-state index in [2.05, 4.69) is 0 Å². The van der Waals surface area contributed by atoms with Gasteiger partial charge in [0.05, 0.1) is 5.69 Å². The Hall–Kier alpha value is -1.84. The van der Waals surface area contributed by atoms with Gasteiger partial charge in [-0.1, -0.05) is 6.07 Å². The van der Waals surface area contributed by atoms with Crippen molar-refractivity contribution in [1.29, 1.82) is 0 Å². The number of benzene rings is 1. The number of rotatable bonds is 3. The summed E-state index contributed by atoms with van der Waals surface area (Å²) in [6.45, 7) is 1.67. The number of hydrogen-bond donors (Lipinski definition) is 0. The van der Waals surface area contributed by atoms with Gasteiger partial charge in [0.15, 0.2) is 6.61 Å². The summed E-state index contributed by atoms with van der Waals surface area (Å²) in [6, 6.07) is 5.70. The number of amides is 1. The SMILES string of the molecule is CC(=O)CCc1ccc2c(c1)OCC(=O)N2C. The lowest BCUT2D eigenvalue weighted by molar-refractivity contribution is -0.121. The Balaban J connectivity index is 2.20. The van der Waals surface area contributed by atoms with Crippen molar-refractivity contribution in [2.45, 2.75) is 19.8 Å². The highest BCUT2D eigenvalue weighted by atomic mass is 16.5. The van der Waals surface area contributed by atoms with E-state index in [1.165, 1.54) is 0 Å². The van der Waals surface area contributed by atoms with E-state index in [-0.39, 0.29) is 18.3 Å². The zero-order valence-electron chi connectivity index (χ0n) is 10.0. The average Bonchev–Trinajstić information content (AvgIpc) is 2.31. The van der Waals surface area contributed by atoms with Crippen LogP contribution < -0.4 is 9.64 Å². The Bertz CT molecular complexity index is 468. The molecule has 0 fully saturated rings. The van der Waals surface area contributed by atoms with E-state index in [1.807, 2.05) is 18.2 Å². The summed E-state index contributed by atoms with van der Waals surface area (Å²) in [5.41, 5.74) is 1.84. The molecule has 1 amide bonds. The minimum atomic E-state index is -0.0472. The van der Waals surface area contributed by atoms with Gasteiger partial charge in [0.25, 0.3) is 5.91 Å². The largest absolute Gasteiger partial charge is 0.482 e. The first-order valence-corrected chi connectivity index (χ1v) is 5.59. The lowest BCUT2D eigenvalue weighted by Crippen LogP contribution is -2.35. The molecule has 0 aromatic heterocycles. The fourth-order valence-corrected chi connectivity index (χ4v) is 1.80. The second-order valence-corrected chi connectivity index (χ2v) is 4.25. The van der Waals surface area contributed by atoms with Crippen LogP contribution in [0.25, 0.3) is 0 Å². The summed E-state index contributed by atoms with van der Waals surface area (Å²) in [5, 5.41) is 0. The van der Waals surface area contributed by atoms with E-state index in [4.69, 9.17) is 4.74 Å². The molecule has 0 atom stereocenters. The first-order valence-electron chi connectivity index (χ1n) is 5.59. The van der Waals surface area contributed by atoms with Crippen LogP contribution in [0.1, 0.15) is 18.9 Å². The van der Waals surface area contributed by atoms with Gasteiger partial charge in [0.2, 0.25) is 0 Å². The highest BCUT2D eigenvalue weighted by Crippen LogP contribution is 2.32. The molecule has 0 radical (unpaired) electrons. The number of aryl methyl sites for hydroxylation is 1. The Labute approximate surface area is 100 Å². The molecular weight excluding hydrogens is 218 g/mol. The minimum Gasteiger partial charge on any atom is -0.482 e. The van der Waals surface area contributed by atoms with E-state index in [0.717, 1.165) is 11.3 Å². The standard InChI is InChI=1S/C13H15NO3/c1-9(15)3-4-10-5-6-11-12(7-10)17-8-13(16)14(11)2/h5-7H,3-4,8H2,1-2H3. The van der Waals surface area contributed by atoms with Crippen molar-refractivity contribution < 1.29 is 14.3 Å². The van der Waals surface area contributed by atoms with Crippen LogP contribution in [0.3, 0.4) is 0 Å². The van der Waals surface area contributed by atoms with E-state index >= 15 is 0 Å². The Morgan fingerprint density at radius 1 is 1.47 bits per heavy atom. The molecule has 1 aliphatic heterocycles. The summed E-state index contributed by atoms with van der Waals surface area (Å²) in [5.74, 6) is 0.845. The summed E-state index contributed by atoms with van der Waals surface area (Å²) >= 11 is 0. The molecule has 0 spiro atoms. The molecule has 1 aromatic carbocycles. The first-order chi connectivity index (χ1) is 8.08. The van der Waals surface area contributed by atoms with Crippen molar-refractivity contribution in [3.8, 4) is 5.75 Å². The molecule has 0 N–H and O–H groups in total. The summed E-state index contributed by atoms with van der Waals surface area (Å²) < 4.78 is 5.38. The first kappa shape index (κ1) is 11.6. The number of carbonyl (C=O) groups is 2. The molecule has 0 saturated heterocycles. The molecule has 4 heteroatoms. The normalized spacial score (nSPS) is 14.2. The van der Waals surface area contributed by atoms with Crippen LogP contribution in [0, 0.1) is 0 Å². The fourth-order valence-electron chi connectivity index (χ4n) is 1.80. The van der Waals surface area contributed by atoms with Crippen LogP contribution in [0.15, 0.2) is 18.2 Å². The third kappa shape index (κ3) is 2.46. The van der Waals surface area contributed by atoms with Crippen LogP contribution in [-0.4, -0.2) is 25.3 Å². The van der Waals surface area contributed by atoms with E-state index in [1.54, 1.807) is 18.9 Å². The van der Waals surface area contributed by atoms with Crippen molar-refractivity contribution in [2.24, 2.45) is 0 Å². The summed E-state index contributed by atoms with van der Waals surface area (Å²) in [7, 11) is 1.74. The predicted molar refractivity (Wildman–Crippen MR) is 64.3 cm³/mol. The third-order valence-electron chi connectivity index (χ3n) is 2.88. The van der Waals surface area contributed by atoms with E-state index < -0.39 is 0 Å². The summed E-state index contributed by atoms with van der Waals surface area (Å²) in [6.07, 6.45) is 1.25. The van der Waals surface area contributed by atoms with Crippen LogP contribution in [0.4, 0.5) is 5.69 Å². The molecule has 1 heterocycles. The molecule has 0 saturated carbocycles. The van der Waals surface area contributed by atoms with Crippen molar-refractivity contribution in [3.05, 3.63) is 23.8 Å². The molecule has 90 valence electrons. The van der Waals surface area contributed by atoms with Crippen molar-refractivity contribution >= 4 is 17.4 Å². The maximum atomic E-state index is 11.4. The van der Waals surface area contributed by atoms with Gasteiger partial charge < -0.3 is 14.4 Å². The molecule has 0 unspecified atom stereocenters. The minimum absolute atomic E-state index is 0.0472. The predicted octanol–water partition coefficient (Wildman–Crippen LogP) is 1.56. The molecule has 2 rings (SSSR count). The zero-order chi connectivity index (χ0) is 12.4. The van der Waals surface area contributed by atoms with Crippen LogP contribution in [0.5, 0.6) is 5.75 Å². The lowest BCUT2D eigenvalue weighted by atomic mass is 10.1. The molecule has 17 heavy (non-hydrogen) atoms. The molecule has 4 nitrogen and oxygen atoms in total. The van der Waals surface area contributed by atoms with Gasteiger partial charge in [-0.3, -0.25) is 4.79 Å². The van der Waals surface area contributed by atoms with E-state index in [0.29, 0.717) is 18.6 Å². The topological polar surface area (TPSA) is 46.6 Å². The Morgan fingerprint density at radius 2 is 2.24 bits per heavy atom. The van der Waals surface area contributed by atoms with Crippen LogP contribution in [0.2, 0.25) is 0 Å². The van der Waals surface area contributed by atoms with Crippen molar-refractivity contribution in [3.63, 3.8) is 0 Å². The smallest absolute Gasteiger partial charge is 0.264 e. The maximum Gasteiger partial charge on any atom is 0.264 e. The number of ether oxygens (including phenoxy) is 1. The number of anilines is 1. The van der Waals surface area contributed by atoms with Gasteiger partial charge in [0, 0.05) is 13.5 Å². The number of carbonyl (C=O) groups excluding carboxylic acids is 2. The third-order valence-corrected chi connectivity index (χ3v) is 2.88. The lowest BCUT2D eigenvalue weighted by Gasteiger charge is -2.26. The van der Waals surface area contributed by atoms with Gasteiger partial charge in [-0.15, -0.1) is 0 Å². The molecule has 0 bridgehead atoms. The second-order valence-electron chi connectivity index (χ2n) is 4.25. The number of Topliss-reactive ketones (excluding diaryl/α,β-unsaturated/α-hetero) is 1. The average molecular weight is 233 g/mol. The molecule has 1 aliphatic rings. The quantitative estimate of drug-likeness (QED) is 0.796. The monoisotopic (exact) mass is 233 g/mol. The number of likely N-dealkylation sites (N-methyl/N-ethyl adjacent to an activating group) is 1. The summed E-state index contributed by atoms with van der Waals surface area (Å²) in [4.78, 5) is 23.9. The zero-order valence-corrected chi connectivity index (χ0v) is 10.0. The van der Waals surface area contributed by atoms with E-state index in [9.17, 15) is 9.59 Å². The van der Waals surface area contributed by atoms with Crippen molar-refractivity contribution in [2.75, 3.05) is 18.6 Å². The maximum absolute atomic E-state index is 11.4. The number of nitrogens with zero attached hydrogens (tertiary/aromatic N) is 1. The number of fused-ring (bicyclic) bond motifs is 1. The van der Waals surface area contributed by atoms with Crippen LogP contribution >= 0.6 is 0 Å². The number of ketones is 1. The van der Waals surface area contributed by atoms with Gasteiger partial charge in [-0.2, -0.15) is 0 Å². The van der Waals surface area contributed by atoms with Gasteiger partial charge >= 0.3 is 0 Å².